The Balaban J connectivity index is 1.52. The van der Waals surface area contributed by atoms with Gasteiger partial charge in [-0.15, -0.1) is 0 Å². The van der Waals surface area contributed by atoms with E-state index in [1.807, 2.05) is 6.92 Å². The second kappa shape index (κ2) is 10.4. The number of benzene rings is 1. The van der Waals surface area contributed by atoms with Crippen molar-refractivity contribution in [2.24, 2.45) is 5.92 Å². The first-order chi connectivity index (χ1) is 14.0. The summed E-state index contributed by atoms with van der Waals surface area (Å²) in [7, 11) is -3.53. The zero-order chi connectivity index (χ0) is 20.7. The van der Waals surface area contributed by atoms with Crippen LogP contribution in [0.2, 0.25) is 0 Å². The summed E-state index contributed by atoms with van der Waals surface area (Å²) in [5.74, 6) is 0.678. The topological polar surface area (TPSA) is 75.7 Å². The Morgan fingerprint density at radius 2 is 1.59 bits per heavy atom. The standard InChI is InChI=1S/C22H34N2O4S/c1-2-28-20-10-12-21(13-11-20)29(26,27)24-16-14-18(15-17-24)22(25)23-19-8-6-4-3-5-7-9-19/h10-13,18-19H,2-9,14-17H2,1H3,(H,23,25). The van der Waals surface area contributed by atoms with E-state index < -0.39 is 10.0 Å². The summed E-state index contributed by atoms with van der Waals surface area (Å²) in [6.07, 6.45) is 9.48. The first-order valence-electron chi connectivity index (χ1n) is 11.0. The number of hydrogen-bond donors (Lipinski definition) is 1. The molecule has 1 aromatic rings. The predicted octanol–water partition coefficient (Wildman–Crippen LogP) is 3.72. The van der Waals surface area contributed by atoms with Gasteiger partial charge in [-0.05, 0) is 56.9 Å². The van der Waals surface area contributed by atoms with E-state index in [0.29, 0.717) is 38.3 Å². The van der Waals surface area contributed by atoms with E-state index in [9.17, 15) is 13.2 Å². The number of nitrogens with zero attached hydrogens (tertiary/aromatic N) is 1. The number of ether oxygens (including phenoxy) is 1. The summed E-state index contributed by atoms with van der Waals surface area (Å²) < 4.78 is 32.7. The van der Waals surface area contributed by atoms with Gasteiger partial charge in [0.2, 0.25) is 15.9 Å². The highest BCUT2D eigenvalue weighted by Gasteiger charge is 2.32. The van der Waals surface area contributed by atoms with Crippen LogP contribution in [0.1, 0.15) is 64.7 Å². The minimum absolute atomic E-state index is 0.0905. The zero-order valence-electron chi connectivity index (χ0n) is 17.4. The lowest BCUT2D eigenvalue weighted by Crippen LogP contribution is -2.45. The van der Waals surface area contributed by atoms with E-state index in [2.05, 4.69) is 5.32 Å². The van der Waals surface area contributed by atoms with Gasteiger partial charge >= 0.3 is 0 Å². The summed E-state index contributed by atoms with van der Waals surface area (Å²) in [5, 5.41) is 3.24. The number of sulfonamides is 1. The lowest BCUT2D eigenvalue weighted by molar-refractivity contribution is -0.127. The molecule has 0 bridgehead atoms. The monoisotopic (exact) mass is 422 g/mol. The predicted molar refractivity (Wildman–Crippen MR) is 113 cm³/mol. The van der Waals surface area contributed by atoms with Crippen LogP contribution in [-0.4, -0.2) is 44.4 Å². The van der Waals surface area contributed by atoms with Gasteiger partial charge in [0, 0.05) is 25.0 Å². The van der Waals surface area contributed by atoms with Crippen molar-refractivity contribution in [3.63, 3.8) is 0 Å². The number of piperidine rings is 1. The minimum atomic E-state index is -3.53. The van der Waals surface area contributed by atoms with Gasteiger partial charge in [-0.3, -0.25) is 4.79 Å². The molecule has 0 spiro atoms. The molecule has 1 saturated carbocycles. The van der Waals surface area contributed by atoms with E-state index >= 15 is 0 Å². The van der Waals surface area contributed by atoms with Gasteiger partial charge < -0.3 is 10.1 Å². The fourth-order valence-corrected chi connectivity index (χ4v) is 5.77. The SMILES string of the molecule is CCOc1ccc(S(=O)(=O)N2CCC(C(=O)NC3CCCCCCC3)CC2)cc1. The summed E-state index contributed by atoms with van der Waals surface area (Å²) in [6, 6.07) is 6.84. The van der Waals surface area contributed by atoms with Crippen LogP contribution in [0.4, 0.5) is 0 Å². The number of nitrogens with one attached hydrogen (secondary N) is 1. The quantitative estimate of drug-likeness (QED) is 0.758. The Morgan fingerprint density at radius 1 is 1.00 bits per heavy atom. The normalized spacial score (nSPS) is 20.6. The number of carbonyl (C=O) groups excluding carboxylic acids is 1. The number of carbonyl (C=O) groups is 1. The van der Waals surface area contributed by atoms with Crippen LogP contribution in [0.15, 0.2) is 29.2 Å². The fraction of sp³-hybridized carbons (Fsp3) is 0.682. The minimum Gasteiger partial charge on any atom is -0.494 e. The number of hydrogen-bond acceptors (Lipinski definition) is 4. The molecule has 1 aliphatic carbocycles. The van der Waals surface area contributed by atoms with Crippen molar-refractivity contribution in [1.82, 2.24) is 9.62 Å². The second-order valence-electron chi connectivity index (χ2n) is 8.13. The third kappa shape index (κ3) is 5.95. The molecule has 0 aromatic heterocycles. The van der Waals surface area contributed by atoms with E-state index in [4.69, 9.17) is 4.74 Å². The van der Waals surface area contributed by atoms with Gasteiger partial charge in [0.25, 0.3) is 0 Å². The van der Waals surface area contributed by atoms with E-state index in [1.54, 1.807) is 24.3 Å². The van der Waals surface area contributed by atoms with Crippen molar-refractivity contribution in [2.45, 2.75) is 75.6 Å². The van der Waals surface area contributed by atoms with Gasteiger partial charge in [0.15, 0.2) is 0 Å². The molecule has 0 unspecified atom stereocenters. The molecule has 2 aliphatic rings. The van der Waals surface area contributed by atoms with Crippen molar-refractivity contribution in [1.29, 1.82) is 0 Å². The molecule has 1 aromatic carbocycles. The molecule has 3 rings (SSSR count). The molecule has 1 amide bonds. The number of amides is 1. The van der Waals surface area contributed by atoms with E-state index in [-0.39, 0.29) is 22.8 Å². The average Bonchev–Trinajstić information content (AvgIpc) is 2.70. The molecule has 1 heterocycles. The molecule has 1 N–H and O–H groups in total. The summed E-state index contributed by atoms with van der Waals surface area (Å²) >= 11 is 0. The van der Waals surface area contributed by atoms with Crippen molar-refractivity contribution < 1.29 is 17.9 Å². The van der Waals surface area contributed by atoms with Crippen LogP contribution in [0, 0.1) is 5.92 Å². The fourth-order valence-electron chi connectivity index (χ4n) is 4.30. The van der Waals surface area contributed by atoms with Gasteiger partial charge in [0.05, 0.1) is 11.5 Å². The maximum absolute atomic E-state index is 12.9. The van der Waals surface area contributed by atoms with Crippen LogP contribution >= 0.6 is 0 Å². The molecule has 2 fully saturated rings. The maximum atomic E-state index is 12.9. The van der Waals surface area contributed by atoms with Crippen LogP contribution in [0.5, 0.6) is 5.75 Å². The van der Waals surface area contributed by atoms with E-state index in [0.717, 1.165) is 12.8 Å². The van der Waals surface area contributed by atoms with Gasteiger partial charge in [-0.2, -0.15) is 4.31 Å². The van der Waals surface area contributed by atoms with Crippen LogP contribution in [0.3, 0.4) is 0 Å². The smallest absolute Gasteiger partial charge is 0.243 e. The Labute approximate surface area is 175 Å². The Kier molecular flexibility index (Phi) is 7.95. The van der Waals surface area contributed by atoms with Crippen molar-refractivity contribution >= 4 is 15.9 Å². The molecule has 1 saturated heterocycles. The Hall–Kier alpha value is -1.60. The van der Waals surface area contributed by atoms with Crippen molar-refractivity contribution in [2.75, 3.05) is 19.7 Å². The van der Waals surface area contributed by atoms with Crippen molar-refractivity contribution in [3.05, 3.63) is 24.3 Å². The van der Waals surface area contributed by atoms with E-state index in [1.165, 1.54) is 36.4 Å². The van der Waals surface area contributed by atoms with Gasteiger partial charge in [-0.25, -0.2) is 8.42 Å². The summed E-state index contributed by atoms with van der Waals surface area (Å²) in [5.41, 5.74) is 0. The largest absolute Gasteiger partial charge is 0.494 e. The highest BCUT2D eigenvalue weighted by atomic mass is 32.2. The molecular weight excluding hydrogens is 388 g/mol. The summed E-state index contributed by atoms with van der Waals surface area (Å²) in [6.45, 7) is 3.21. The van der Waals surface area contributed by atoms with Gasteiger partial charge in [-0.1, -0.05) is 32.1 Å². The highest BCUT2D eigenvalue weighted by Crippen LogP contribution is 2.26. The molecule has 6 nitrogen and oxygen atoms in total. The zero-order valence-corrected chi connectivity index (χ0v) is 18.3. The molecular formula is C22H34N2O4S. The molecule has 0 atom stereocenters. The lowest BCUT2D eigenvalue weighted by Gasteiger charge is -2.31. The average molecular weight is 423 g/mol. The third-order valence-electron chi connectivity index (χ3n) is 6.05. The van der Waals surface area contributed by atoms with Gasteiger partial charge in [0.1, 0.15) is 5.75 Å². The van der Waals surface area contributed by atoms with Crippen LogP contribution in [-0.2, 0) is 14.8 Å². The van der Waals surface area contributed by atoms with Crippen LogP contribution < -0.4 is 10.1 Å². The summed E-state index contributed by atoms with van der Waals surface area (Å²) in [4.78, 5) is 13.0. The van der Waals surface area contributed by atoms with Crippen molar-refractivity contribution in [3.8, 4) is 5.75 Å². The highest BCUT2D eigenvalue weighted by molar-refractivity contribution is 7.89. The molecule has 29 heavy (non-hydrogen) atoms. The molecule has 1 aliphatic heterocycles. The Bertz CT molecular complexity index is 748. The molecule has 162 valence electrons. The first-order valence-corrected chi connectivity index (χ1v) is 12.5. The Morgan fingerprint density at radius 3 is 2.17 bits per heavy atom. The number of rotatable bonds is 6. The lowest BCUT2D eigenvalue weighted by atomic mass is 9.94. The second-order valence-corrected chi connectivity index (χ2v) is 10.1. The molecule has 0 radical (unpaired) electrons. The maximum Gasteiger partial charge on any atom is 0.243 e. The van der Waals surface area contributed by atoms with Crippen LogP contribution in [0.25, 0.3) is 0 Å². The molecule has 7 heteroatoms. The first kappa shape index (κ1) is 22.1. The third-order valence-corrected chi connectivity index (χ3v) is 7.96.